The quantitative estimate of drug-likeness (QED) is 0.583. The van der Waals surface area contributed by atoms with Gasteiger partial charge >= 0.3 is 0 Å². The van der Waals surface area contributed by atoms with Crippen molar-refractivity contribution >= 4 is 45.2 Å². The number of nitrogens with two attached hydrogens (primary N) is 1. The third kappa shape index (κ3) is 2.74. The van der Waals surface area contributed by atoms with Gasteiger partial charge in [0.2, 0.25) is 23.6 Å². The van der Waals surface area contributed by atoms with E-state index in [1.54, 1.807) is 39.0 Å². The Balaban J connectivity index is 1.88. The number of benzene rings is 1. The van der Waals surface area contributed by atoms with Crippen LogP contribution in [0.2, 0.25) is 0 Å². The van der Waals surface area contributed by atoms with Gasteiger partial charge in [0, 0.05) is 33.7 Å². The van der Waals surface area contributed by atoms with Crippen LogP contribution in [0.4, 0.5) is 5.69 Å². The molecule has 4 N–H and O–H groups in total. The molecule has 1 aromatic rings. The standard InChI is InChI=1S/C20H23BrN4O4/c1-19(2,3)25-16(27)14-12(6-7-13(22)26)24-20(15(14)17(25)28)10-8-9(21)4-5-11(10)23-18(20)29/h4-5,8,12,14-15,24H,6-7H2,1-3H3,(H2,22,26)(H,23,29)/t12-,14+,15-,20+/m0/s1. The normalized spacial score (nSPS) is 30.7. The van der Waals surface area contributed by atoms with Crippen LogP contribution in [-0.4, -0.2) is 40.1 Å². The molecule has 4 atom stereocenters. The molecule has 3 aliphatic heterocycles. The molecular formula is C20H23BrN4O4. The number of carbonyl (C=O) groups excluding carboxylic acids is 4. The van der Waals surface area contributed by atoms with E-state index in [2.05, 4.69) is 26.6 Å². The second-order valence-electron chi connectivity index (χ2n) is 8.89. The average Bonchev–Trinajstić information content (AvgIpc) is 3.18. The molecule has 3 heterocycles. The predicted molar refractivity (Wildman–Crippen MR) is 108 cm³/mol. The average molecular weight is 463 g/mol. The number of carbonyl (C=O) groups is 4. The molecule has 4 amide bonds. The Bertz CT molecular complexity index is 956. The van der Waals surface area contributed by atoms with Crippen LogP contribution < -0.4 is 16.4 Å². The summed E-state index contributed by atoms with van der Waals surface area (Å²) in [7, 11) is 0. The first kappa shape index (κ1) is 20.0. The lowest BCUT2D eigenvalue weighted by Gasteiger charge is -2.34. The minimum Gasteiger partial charge on any atom is -0.370 e. The molecule has 2 fully saturated rings. The maximum absolute atomic E-state index is 13.5. The van der Waals surface area contributed by atoms with Crippen LogP contribution in [0.25, 0.3) is 0 Å². The summed E-state index contributed by atoms with van der Waals surface area (Å²) in [6.45, 7) is 5.38. The number of hydrogen-bond acceptors (Lipinski definition) is 5. The van der Waals surface area contributed by atoms with E-state index in [0.29, 0.717) is 11.3 Å². The smallest absolute Gasteiger partial charge is 0.250 e. The van der Waals surface area contributed by atoms with Crippen molar-refractivity contribution in [2.75, 3.05) is 5.32 Å². The van der Waals surface area contributed by atoms with Crippen LogP contribution in [0, 0.1) is 11.8 Å². The second kappa shape index (κ2) is 6.37. The number of rotatable bonds is 3. The SMILES string of the molecule is CC(C)(C)N1C(=O)[C@@H]2[C@H](CCC(N)=O)N[C@@]3(C(=O)Nc4ccc(Br)cc43)[C@@H]2C1=O. The Kier molecular flexibility index (Phi) is 4.40. The Labute approximate surface area is 176 Å². The Morgan fingerprint density at radius 1 is 1.24 bits per heavy atom. The van der Waals surface area contributed by atoms with Gasteiger partial charge in [0.25, 0.3) is 0 Å². The first-order chi connectivity index (χ1) is 13.5. The van der Waals surface area contributed by atoms with E-state index < -0.39 is 34.9 Å². The van der Waals surface area contributed by atoms with E-state index in [0.717, 1.165) is 4.47 Å². The largest absolute Gasteiger partial charge is 0.370 e. The molecule has 0 radical (unpaired) electrons. The molecule has 9 heteroatoms. The van der Waals surface area contributed by atoms with Crippen LogP contribution in [0.5, 0.6) is 0 Å². The van der Waals surface area contributed by atoms with Crippen molar-refractivity contribution in [3.05, 3.63) is 28.2 Å². The van der Waals surface area contributed by atoms with Gasteiger partial charge in [-0.2, -0.15) is 0 Å². The van der Waals surface area contributed by atoms with E-state index >= 15 is 0 Å². The molecule has 3 aliphatic rings. The number of fused-ring (bicyclic) bond motifs is 4. The summed E-state index contributed by atoms with van der Waals surface area (Å²) in [6.07, 6.45) is 0.326. The van der Waals surface area contributed by atoms with E-state index in [-0.39, 0.29) is 30.6 Å². The summed E-state index contributed by atoms with van der Waals surface area (Å²) in [6, 6.07) is 4.85. The van der Waals surface area contributed by atoms with Gasteiger partial charge in [0.1, 0.15) is 5.54 Å². The number of imide groups is 1. The number of halogens is 1. The lowest BCUT2D eigenvalue weighted by molar-refractivity contribution is -0.148. The van der Waals surface area contributed by atoms with Gasteiger partial charge in [0.15, 0.2) is 0 Å². The molecule has 0 saturated carbocycles. The Morgan fingerprint density at radius 3 is 2.55 bits per heavy atom. The van der Waals surface area contributed by atoms with Crippen LogP contribution >= 0.6 is 15.9 Å². The number of nitrogens with zero attached hydrogens (tertiary/aromatic N) is 1. The molecule has 29 heavy (non-hydrogen) atoms. The zero-order valence-corrected chi connectivity index (χ0v) is 18.0. The van der Waals surface area contributed by atoms with Crippen molar-refractivity contribution in [1.29, 1.82) is 0 Å². The van der Waals surface area contributed by atoms with E-state index in [4.69, 9.17) is 5.73 Å². The topological polar surface area (TPSA) is 122 Å². The lowest BCUT2D eigenvalue weighted by atomic mass is 9.76. The summed E-state index contributed by atoms with van der Waals surface area (Å²) >= 11 is 3.43. The molecule has 0 unspecified atom stereocenters. The van der Waals surface area contributed by atoms with Gasteiger partial charge in [-0.1, -0.05) is 15.9 Å². The predicted octanol–water partition coefficient (Wildman–Crippen LogP) is 1.23. The van der Waals surface area contributed by atoms with Gasteiger partial charge in [-0.05, 0) is 45.4 Å². The van der Waals surface area contributed by atoms with Gasteiger partial charge in [-0.3, -0.25) is 29.4 Å². The molecule has 1 spiro atoms. The van der Waals surface area contributed by atoms with Gasteiger partial charge < -0.3 is 11.1 Å². The highest BCUT2D eigenvalue weighted by Crippen LogP contribution is 2.54. The lowest BCUT2D eigenvalue weighted by Crippen LogP contribution is -2.55. The van der Waals surface area contributed by atoms with Gasteiger partial charge in [0.05, 0.1) is 11.8 Å². The molecule has 2 saturated heterocycles. The zero-order valence-electron chi connectivity index (χ0n) is 16.4. The molecule has 154 valence electrons. The first-order valence-corrected chi connectivity index (χ1v) is 10.3. The van der Waals surface area contributed by atoms with Crippen molar-refractivity contribution < 1.29 is 19.2 Å². The maximum atomic E-state index is 13.5. The van der Waals surface area contributed by atoms with E-state index in [1.165, 1.54) is 4.90 Å². The van der Waals surface area contributed by atoms with Gasteiger partial charge in [-0.15, -0.1) is 0 Å². The second-order valence-corrected chi connectivity index (χ2v) is 9.81. The number of primary amides is 1. The molecule has 1 aromatic carbocycles. The fourth-order valence-electron chi connectivity index (χ4n) is 4.98. The number of amides is 4. The Hall–Kier alpha value is -2.26. The van der Waals surface area contributed by atoms with Crippen molar-refractivity contribution in [1.82, 2.24) is 10.2 Å². The van der Waals surface area contributed by atoms with Crippen LogP contribution in [-0.2, 0) is 24.7 Å². The third-order valence-electron chi connectivity index (χ3n) is 6.05. The molecule has 0 aliphatic carbocycles. The van der Waals surface area contributed by atoms with Crippen LogP contribution in [0.3, 0.4) is 0 Å². The first-order valence-electron chi connectivity index (χ1n) is 9.54. The highest BCUT2D eigenvalue weighted by Gasteiger charge is 2.71. The number of hydrogen-bond donors (Lipinski definition) is 3. The Morgan fingerprint density at radius 2 is 1.93 bits per heavy atom. The summed E-state index contributed by atoms with van der Waals surface area (Å²) in [4.78, 5) is 52.7. The van der Waals surface area contributed by atoms with Crippen molar-refractivity contribution in [3.63, 3.8) is 0 Å². The van der Waals surface area contributed by atoms with Crippen LogP contribution in [0.15, 0.2) is 22.7 Å². The molecular weight excluding hydrogens is 440 g/mol. The van der Waals surface area contributed by atoms with Crippen LogP contribution in [0.1, 0.15) is 39.2 Å². The maximum Gasteiger partial charge on any atom is 0.250 e. The zero-order chi connectivity index (χ0) is 21.3. The monoisotopic (exact) mass is 462 g/mol. The van der Waals surface area contributed by atoms with E-state index in [1.807, 2.05) is 0 Å². The summed E-state index contributed by atoms with van der Waals surface area (Å²) in [5.41, 5.74) is 4.47. The summed E-state index contributed by atoms with van der Waals surface area (Å²) in [5, 5.41) is 6.13. The number of likely N-dealkylation sites (tertiary alicyclic amines) is 1. The molecule has 4 rings (SSSR count). The highest BCUT2D eigenvalue weighted by atomic mass is 79.9. The van der Waals surface area contributed by atoms with Crippen molar-refractivity contribution in [2.24, 2.45) is 17.6 Å². The van der Waals surface area contributed by atoms with Gasteiger partial charge in [-0.25, -0.2) is 0 Å². The highest BCUT2D eigenvalue weighted by molar-refractivity contribution is 9.10. The molecule has 0 bridgehead atoms. The fraction of sp³-hybridized carbons (Fsp3) is 0.500. The molecule has 0 aromatic heterocycles. The third-order valence-corrected chi connectivity index (χ3v) is 6.54. The number of anilines is 1. The molecule has 8 nitrogen and oxygen atoms in total. The summed E-state index contributed by atoms with van der Waals surface area (Å²) in [5.74, 6) is -3.17. The fourth-order valence-corrected chi connectivity index (χ4v) is 5.34. The van der Waals surface area contributed by atoms with Crippen molar-refractivity contribution in [3.8, 4) is 0 Å². The number of nitrogens with one attached hydrogen (secondary N) is 2. The van der Waals surface area contributed by atoms with E-state index in [9.17, 15) is 19.2 Å². The minimum atomic E-state index is -1.36. The minimum absolute atomic E-state index is 0.0565. The summed E-state index contributed by atoms with van der Waals surface area (Å²) < 4.78 is 0.760. The van der Waals surface area contributed by atoms with Crippen molar-refractivity contribution in [2.45, 2.75) is 50.7 Å².